The van der Waals surface area contributed by atoms with Gasteiger partial charge in [-0.2, -0.15) is 0 Å². The lowest BCUT2D eigenvalue weighted by Gasteiger charge is -2.45. The third kappa shape index (κ3) is 3.13. The Labute approximate surface area is 158 Å². The number of hydrogen-bond acceptors (Lipinski definition) is 5. The molecule has 7 nitrogen and oxygen atoms in total. The van der Waals surface area contributed by atoms with Crippen LogP contribution in [-0.4, -0.2) is 27.8 Å². The molecule has 0 saturated heterocycles. The van der Waals surface area contributed by atoms with Crippen LogP contribution in [0.1, 0.15) is 48.7 Å². The Morgan fingerprint density at radius 3 is 2.52 bits per heavy atom. The lowest BCUT2D eigenvalue weighted by atomic mass is 9.79. The lowest BCUT2D eigenvalue weighted by Crippen LogP contribution is -2.51. The number of carbonyl (C=O) groups excluding carboxylic acids is 2. The predicted octanol–water partition coefficient (Wildman–Crippen LogP) is 2.51. The van der Waals surface area contributed by atoms with E-state index in [0.29, 0.717) is 17.4 Å². The largest absolute Gasteiger partial charge is 0.366 e. The van der Waals surface area contributed by atoms with Crippen LogP contribution in [0.25, 0.3) is 0 Å². The van der Waals surface area contributed by atoms with Crippen molar-refractivity contribution in [3.63, 3.8) is 0 Å². The summed E-state index contributed by atoms with van der Waals surface area (Å²) in [6, 6.07) is 7.05. The van der Waals surface area contributed by atoms with E-state index in [1.165, 1.54) is 0 Å². The number of anilines is 2. The molecule has 2 aliphatic rings. The molecule has 27 heavy (non-hydrogen) atoms. The van der Waals surface area contributed by atoms with E-state index in [0.717, 1.165) is 24.1 Å². The number of aromatic nitrogens is 2. The Hall–Kier alpha value is -2.96. The van der Waals surface area contributed by atoms with Crippen molar-refractivity contribution < 1.29 is 9.59 Å². The lowest BCUT2D eigenvalue weighted by molar-refractivity contribution is -0.117. The number of nitrogens with zero attached hydrogens (tertiary/aromatic N) is 3. The molecule has 1 aliphatic carbocycles. The molecule has 4 rings (SSSR count). The first-order valence-electron chi connectivity index (χ1n) is 9.24. The van der Waals surface area contributed by atoms with E-state index in [-0.39, 0.29) is 23.9 Å². The van der Waals surface area contributed by atoms with Gasteiger partial charge in [-0.15, -0.1) is 0 Å². The minimum Gasteiger partial charge on any atom is -0.366 e. The standard InChI is InChI=1S/C20H23N5O2/c1-11-17(24-20-22-8-3-9-23-20)15-10-14(19(21)27)6-7-16(15)25(12(2)26)18(11)13-4-5-13/h3,6-11,13,17-18H,4-5H2,1-2H3,(H2,21,27)(H,22,23,24)/t11-,17?,18-/m1/s1. The highest BCUT2D eigenvalue weighted by molar-refractivity contribution is 5.97. The monoisotopic (exact) mass is 365 g/mol. The fraction of sp³-hybridized carbons (Fsp3) is 0.400. The fourth-order valence-electron chi connectivity index (χ4n) is 4.23. The predicted molar refractivity (Wildman–Crippen MR) is 102 cm³/mol. The molecule has 1 aromatic heterocycles. The molecular weight excluding hydrogens is 342 g/mol. The molecule has 1 aromatic carbocycles. The fourth-order valence-corrected chi connectivity index (χ4v) is 4.23. The van der Waals surface area contributed by atoms with E-state index in [9.17, 15) is 9.59 Å². The van der Waals surface area contributed by atoms with Crippen molar-refractivity contribution >= 4 is 23.5 Å². The van der Waals surface area contributed by atoms with Gasteiger partial charge in [0.05, 0.1) is 6.04 Å². The summed E-state index contributed by atoms with van der Waals surface area (Å²) in [6.45, 7) is 3.74. The smallest absolute Gasteiger partial charge is 0.248 e. The van der Waals surface area contributed by atoms with Gasteiger partial charge in [-0.3, -0.25) is 9.59 Å². The van der Waals surface area contributed by atoms with Crippen LogP contribution in [0.4, 0.5) is 11.6 Å². The summed E-state index contributed by atoms with van der Waals surface area (Å²) in [7, 11) is 0. The van der Waals surface area contributed by atoms with Crippen LogP contribution < -0.4 is 16.0 Å². The SMILES string of the molecule is CC(=O)N1c2ccc(C(N)=O)cc2C(Nc2ncccn2)[C@@H](C)[C@@H]1C1CC1. The van der Waals surface area contributed by atoms with Crippen molar-refractivity contribution in [1.82, 2.24) is 9.97 Å². The van der Waals surface area contributed by atoms with E-state index in [2.05, 4.69) is 22.2 Å². The molecular formula is C20H23N5O2. The van der Waals surface area contributed by atoms with Gasteiger partial charge in [-0.1, -0.05) is 6.92 Å². The first-order chi connectivity index (χ1) is 13.0. The molecule has 2 amide bonds. The van der Waals surface area contributed by atoms with Crippen LogP contribution in [0.15, 0.2) is 36.7 Å². The summed E-state index contributed by atoms with van der Waals surface area (Å²) in [4.78, 5) is 34.7. The number of nitrogens with two attached hydrogens (primary N) is 1. The van der Waals surface area contributed by atoms with Crippen LogP contribution in [0.3, 0.4) is 0 Å². The zero-order valence-corrected chi connectivity index (χ0v) is 15.4. The average Bonchev–Trinajstić information content (AvgIpc) is 3.48. The van der Waals surface area contributed by atoms with Crippen LogP contribution in [0.5, 0.6) is 0 Å². The van der Waals surface area contributed by atoms with Crippen molar-refractivity contribution in [2.24, 2.45) is 17.6 Å². The zero-order valence-electron chi connectivity index (χ0n) is 15.4. The molecule has 1 unspecified atom stereocenters. The highest BCUT2D eigenvalue weighted by Gasteiger charge is 2.47. The summed E-state index contributed by atoms with van der Waals surface area (Å²) in [5, 5.41) is 3.41. The van der Waals surface area contributed by atoms with Gasteiger partial charge in [0.25, 0.3) is 0 Å². The van der Waals surface area contributed by atoms with Gasteiger partial charge in [0.1, 0.15) is 0 Å². The molecule has 7 heteroatoms. The first-order valence-corrected chi connectivity index (χ1v) is 9.24. The van der Waals surface area contributed by atoms with Crippen molar-refractivity contribution in [1.29, 1.82) is 0 Å². The Bertz CT molecular complexity index is 881. The van der Waals surface area contributed by atoms with E-state index >= 15 is 0 Å². The molecule has 0 spiro atoms. The molecule has 1 fully saturated rings. The van der Waals surface area contributed by atoms with Gasteiger partial charge >= 0.3 is 0 Å². The number of amides is 2. The molecule has 3 N–H and O–H groups in total. The molecule has 2 heterocycles. The topological polar surface area (TPSA) is 101 Å². The minimum absolute atomic E-state index is 0.0150. The number of carbonyl (C=O) groups is 2. The molecule has 2 aromatic rings. The minimum atomic E-state index is -0.487. The van der Waals surface area contributed by atoms with Crippen LogP contribution in [0.2, 0.25) is 0 Å². The quantitative estimate of drug-likeness (QED) is 0.867. The zero-order chi connectivity index (χ0) is 19.1. The van der Waals surface area contributed by atoms with E-state index < -0.39 is 5.91 Å². The average molecular weight is 365 g/mol. The maximum atomic E-state index is 12.5. The summed E-state index contributed by atoms with van der Waals surface area (Å²) in [6.07, 6.45) is 5.62. The van der Waals surface area contributed by atoms with Gasteiger partial charge in [0.15, 0.2) is 0 Å². The molecule has 0 radical (unpaired) electrons. The van der Waals surface area contributed by atoms with E-state index in [1.54, 1.807) is 37.5 Å². The number of benzene rings is 1. The van der Waals surface area contributed by atoms with Gasteiger partial charge in [0, 0.05) is 42.5 Å². The third-order valence-corrected chi connectivity index (χ3v) is 5.56. The first kappa shape index (κ1) is 17.5. The summed E-state index contributed by atoms with van der Waals surface area (Å²) >= 11 is 0. The van der Waals surface area contributed by atoms with Crippen molar-refractivity contribution in [2.45, 2.75) is 38.8 Å². The van der Waals surface area contributed by atoms with Crippen LogP contribution >= 0.6 is 0 Å². The Kier molecular flexibility index (Phi) is 4.30. The van der Waals surface area contributed by atoms with E-state index in [1.807, 2.05) is 11.0 Å². The normalized spacial score (nSPS) is 24.2. The maximum absolute atomic E-state index is 12.5. The Morgan fingerprint density at radius 1 is 1.22 bits per heavy atom. The maximum Gasteiger partial charge on any atom is 0.248 e. The Morgan fingerprint density at radius 2 is 1.93 bits per heavy atom. The third-order valence-electron chi connectivity index (χ3n) is 5.56. The second kappa shape index (κ2) is 6.64. The van der Waals surface area contributed by atoms with Crippen molar-refractivity contribution in [3.05, 3.63) is 47.8 Å². The Balaban J connectivity index is 1.84. The summed E-state index contributed by atoms with van der Waals surface area (Å²) < 4.78 is 0. The van der Waals surface area contributed by atoms with Crippen LogP contribution in [0, 0.1) is 11.8 Å². The summed E-state index contributed by atoms with van der Waals surface area (Å²) in [5.74, 6) is 0.672. The molecule has 3 atom stereocenters. The van der Waals surface area contributed by atoms with Crippen molar-refractivity contribution in [3.8, 4) is 0 Å². The van der Waals surface area contributed by atoms with Crippen molar-refractivity contribution in [2.75, 3.05) is 10.2 Å². The molecule has 140 valence electrons. The second-order valence-electron chi connectivity index (χ2n) is 7.41. The summed E-state index contributed by atoms with van der Waals surface area (Å²) in [5.41, 5.74) is 7.62. The van der Waals surface area contributed by atoms with E-state index in [4.69, 9.17) is 5.73 Å². The van der Waals surface area contributed by atoms with Gasteiger partial charge < -0.3 is 16.0 Å². The second-order valence-corrected chi connectivity index (χ2v) is 7.41. The highest BCUT2D eigenvalue weighted by atomic mass is 16.2. The number of fused-ring (bicyclic) bond motifs is 1. The van der Waals surface area contributed by atoms with Gasteiger partial charge in [-0.25, -0.2) is 9.97 Å². The van der Waals surface area contributed by atoms with Gasteiger partial charge in [0.2, 0.25) is 17.8 Å². The number of hydrogen-bond donors (Lipinski definition) is 2. The van der Waals surface area contributed by atoms with Crippen LogP contribution in [-0.2, 0) is 4.79 Å². The van der Waals surface area contributed by atoms with Gasteiger partial charge in [-0.05, 0) is 48.6 Å². The number of nitrogens with one attached hydrogen (secondary N) is 1. The molecule has 1 saturated carbocycles. The number of primary amides is 1. The highest BCUT2D eigenvalue weighted by Crippen LogP contribution is 2.49. The molecule has 1 aliphatic heterocycles. The number of rotatable bonds is 4. The molecule has 0 bridgehead atoms.